The largest absolute Gasteiger partial charge is 0.480 e. The molecule has 0 aliphatic carbocycles. The monoisotopic (exact) mass is 211 g/mol. The maximum absolute atomic E-state index is 5.63. The fourth-order valence-electron chi connectivity index (χ4n) is 0.624. The summed E-state index contributed by atoms with van der Waals surface area (Å²) >= 11 is 11.2. The summed E-state index contributed by atoms with van der Waals surface area (Å²) in [7, 11) is 2.93. The van der Waals surface area contributed by atoms with Gasteiger partial charge in [0, 0.05) is 11.8 Å². The van der Waals surface area contributed by atoms with E-state index in [0.29, 0.717) is 11.8 Å². The third-order valence-electron chi connectivity index (χ3n) is 1.17. The van der Waals surface area contributed by atoms with E-state index in [1.807, 2.05) is 0 Å². The van der Waals surface area contributed by atoms with Gasteiger partial charge in [0.15, 0.2) is 0 Å². The van der Waals surface area contributed by atoms with Crippen molar-refractivity contribution in [3.63, 3.8) is 0 Å². The molecule has 0 aromatic heterocycles. The van der Waals surface area contributed by atoms with Gasteiger partial charge in [0.1, 0.15) is 0 Å². The quantitative estimate of drug-likeness (QED) is 0.613. The van der Waals surface area contributed by atoms with Crippen LogP contribution in [-0.4, -0.2) is 29.3 Å². The molecule has 1 aliphatic rings. The van der Waals surface area contributed by atoms with Crippen LogP contribution < -0.4 is 0 Å². The zero-order valence-electron chi connectivity index (χ0n) is 6.49. The van der Waals surface area contributed by atoms with Crippen molar-refractivity contribution in [3.05, 3.63) is 12.0 Å². The van der Waals surface area contributed by atoms with Crippen LogP contribution in [0.15, 0.2) is 17.1 Å². The lowest BCUT2D eigenvalue weighted by Crippen LogP contribution is -2.29. The second kappa shape index (κ2) is 3.73. The summed E-state index contributed by atoms with van der Waals surface area (Å²) in [4.78, 5) is 0. The summed E-state index contributed by atoms with van der Waals surface area (Å²) in [5.41, 5.74) is 0. The molecule has 1 heterocycles. The summed E-state index contributed by atoms with van der Waals surface area (Å²) in [6.45, 7) is 0. The van der Waals surface area contributed by atoms with Crippen LogP contribution in [0.4, 0.5) is 0 Å². The second-order valence-corrected chi connectivity index (χ2v) is 2.45. The van der Waals surface area contributed by atoms with Crippen molar-refractivity contribution >= 4 is 29.5 Å². The topological polar surface area (TPSA) is 37.3 Å². The van der Waals surface area contributed by atoms with Crippen molar-refractivity contribution in [2.24, 2.45) is 5.10 Å². The number of hydrogen-bond donors (Lipinski definition) is 0. The third-order valence-corrected chi connectivity index (χ3v) is 1.79. The van der Waals surface area contributed by atoms with Crippen molar-refractivity contribution in [2.75, 3.05) is 14.2 Å². The lowest BCUT2D eigenvalue weighted by molar-refractivity contribution is 0.103. The number of methoxy groups -OCH3 is 2. The van der Waals surface area contributed by atoms with E-state index in [1.165, 1.54) is 20.3 Å². The summed E-state index contributed by atoms with van der Waals surface area (Å²) in [5.74, 6) is 0.650. The molecule has 0 aromatic rings. The van der Waals surface area contributed by atoms with E-state index in [0.717, 1.165) is 9.16 Å². The van der Waals surface area contributed by atoms with Gasteiger partial charge in [0.05, 0.1) is 32.1 Å². The molecule has 7 heteroatoms. The minimum atomic E-state index is 0.318. The normalized spacial score (nSPS) is 17.0. The molecule has 0 bridgehead atoms. The standard InChI is InChI=1S/C5H7Cl2N3O2/c1-11-4-3-5(12-2)9(6)10(7)8-4/h3H,1-2H3. The predicted octanol–water partition coefficient (Wildman–Crippen LogP) is 1.27. The molecular weight excluding hydrogens is 205 g/mol. The molecule has 0 saturated carbocycles. The summed E-state index contributed by atoms with van der Waals surface area (Å²) < 4.78 is 11.6. The average Bonchev–Trinajstić information content (AvgIpc) is 2.09. The molecule has 5 nitrogen and oxygen atoms in total. The Hall–Kier alpha value is -0.810. The third kappa shape index (κ3) is 1.67. The molecular formula is C5H7Cl2N3O2. The Balaban J connectivity index is 2.84. The van der Waals surface area contributed by atoms with Crippen molar-refractivity contribution in [1.82, 2.24) is 9.16 Å². The van der Waals surface area contributed by atoms with E-state index < -0.39 is 0 Å². The highest BCUT2D eigenvalue weighted by Gasteiger charge is 2.20. The first-order chi connectivity index (χ1) is 5.69. The van der Waals surface area contributed by atoms with Gasteiger partial charge in [-0.3, -0.25) is 0 Å². The van der Waals surface area contributed by atoms with Crippen LogP contribution in [0.25, 0.3) is 0 Å². The van der Waals surface area contributed by atoms with Crippen LogP contribution in [0.2, 0.25) is 0 Å². The average molecular weight is 212 g/mol. The van der Waals surface area contributed by atoms with Crippen LogP contribution in [-0.2, 0) is 9.47 Å². The zero-order chi connectivity index (χ0) is 9.14. The number of ether oxygens (including phenoxy) is 2. The van der Waals surface area contributed by atoms with E-state index in [1.54, 1.807) is 0 Å². The maximum Gasteiger partial charge on any atom is 0.239 e. The van der Waals surface area contributed by atoms with E-state index in [9.17, 15) is 0 Å². The number of halogens is 2. The smallest absolute Gasteiger partial charge is 0.239 e. The van der Waals surface area contributed by atoms with Crippen LogP contribution in [0, 0.1) is 0 Å². The highest BCUT2D eigenvalue weighted by molar-refractivity contribution is 6.20. The van der Waals surface area contributed by atoms with Crippen molar-refractivity contribution in [3.8, 4) is 0 Å². The summed E-state index contributed by atoms with van der Waals surface area (Å²) in [6, 6.07) is 0. The molecule has 0 spiro atoms. The fourth-order valence-corrected chi connectivity index (χ4v) is 0.924. The molecule has 1 aliphatic heterocycles. The lowest BCUT2D eigenvalue weighted by Gasteiger charge is -2.25. The van der Waals surface area contributed by atoms with Gasteiger partial charge in [-0.25, -0.2) is 0 Å². The molecule has 0 aromatic carbocycles. The first kappa shape index (κ1) is 9.28. The Kier molecular flexibility index (Phi) is 2.88. The predicted molar refractivity (Wildman–Crippen MR) is 44.9 cm³/mol. The molecule has 0 N–H and O–H groups in total. The number of hydrazone groups is 1. The van der Waals surface area contributed by atoms with Crippen LogP contribution in [0.5, 0.6) is 0 Å². The summed E-state index contributed by atoms with van der Waals surface area (Å²) in [6.07, 6.45) is 1.51. The van der Waals surface area contributed by atoms with Gasteiger partial charge < -0.3 is 9.47 Å². The zero-order valence-corrected chi connectivity index (χ0v) is 8.00. The second-order valence-electron chi connectivity index (χ2n) is 1.83. The van der Waals surface area contributed by atoms with Gasteiger partial charge in [-0.05, 0) is 0 Å². The van der Waals surface area contributed by atoms with Crippen LogP contribution in [0.1, 0.15) is 0 Å². The van der Waals surface area contributed by atoms with E-state index in [2.05, 4.69) is 5.10 Å². The maximum atomic E-state index is 5.63. The minimum absolute atomic E-state index is 0.318. The Morgan fingerprint density at radius 1 is 1.33 bits per heavy atom. The number of hydrogen-bond acceptors (Lipinski definition) is 5. The Labute approximate surface area is 79.9 Å². The molecule has 0 fully saturated rings. The summed E-state index contributed by atoms with van der Waals surface area (Å²) in [5, 5.41) is 3.71. The number of hydrazine groups is 1. The number of nitrogens with zero attached hydrogens (tertiary/aromatic N) is 3. The molecule has 0 radical (unpaired) electrons. The van der Waals surface area contributed by atoms with E-state index in [-0.39, 0.29) is 0 Å². The lowest BCUT2D eigenvalue weighted by atomic mass is 10.5. The molecule has 0 atom stereocenters. The number of rotatable bonds is 1. The Morgan fingerprint density at radius 2 is 2.00 bits per heavy atom. The van der Waals surface area contributed by atoms with Gasteiger partial charge in [-0.2, -0.15) is 0 Å². The SMILES string of the molecule is COC1=CC(OC)=NN(Cl)N1Cl. The van der Waals surface area contributed by atoms with Crippen molar-refractivity contribution in [2.45, 2.75) is 0 Å². The van der Waals surface area contributed by atoms with Crippen molar-refractivity contribution < 1.29 is 9.47 Å². The van der Waals surface area contributed by atoms with Crippen molar-refractivity contribution in [1.29, 1.82) is 0 Å². The van der Waals surface area contributed by atoms with Gasteiger partial charge in [-0.15, -0.1) is 9.63 Å². The Morgan fingerprint density at radius 3 is 2.50 bits per heavy atom. The first-order valence-electron chi connectivity index (χ1n) is 2.99. The molecule has 0 unspecified atom stereocenters. The van der Waals surface area contributed by atoms with Gasteiger partial charge in [0.2, 0.25) is 11.8 Å². The Bertz CT molecular complexity index is 231. The molecule has 68 valence electrons. The van der Waals surface area contributed by atoms with E-state index >= 15 is 0 Å². The first-order valence-corrected chi connectivity index (χ1v) is 3.66. The molecule has 12 heavy (non-hydrogen) atoms. The fraction of sp³-hybridized carbons (Fsp3) is 0.400. The van der Waals surface area contributed by atoms with Gasteiger partial charge in [0.25, 0.3) is 0 Å². The molecule has 1 rings (SSSR count). The van der Waals surface area contributed by atoms with Crippen LogP contribution in [0.3, 0.4) is 0 Å². The van der Waals surface area contributed by atoms with E-state index in [4.69, 9.17) is 33.0 Å². The highest BCUT2D eigenvalue weighted by Crippen LogP contribution is 2.20. The minimum Gasteiger partial charge on any atom is -0.480 e. The van der Waals surface area contributed by atoms with Gasteiger partial charge in [-0.1, -0.05) is 4.64 Å². The highest BCUT2D eigenvalue weighted by atomic mass is 35.5. The molecule has 0 amide bonds. The van der Waals surface area contributed by atoms with Crippen LogP contribution >= 0.6 is 23.6 Å². The van der Waals surface area contributed by atoms with Gasteiger partial charge >= 0.3 is 0 Å². The molecule has 0 saturated heterocycles.